The molecule has 0 spiro atoms. The first kappa shape index (κ1) is 20.4. The molecule has 4 fully saturated rings. The van der Waals surface area contributed by atoms with Gasteiger partial charge < -0.3 is 9.64 Å². The van der Waals surface area contributed by atoms with Crippen LogP contribution in [0.5, 0.6) is 5.75 Å². The van der Waals surface area contributed by atoms with Crippen LogP contribution in [0.3, 0.4) is 0 Å². The van der Waals surface area contributed by atoms with Gasteiger partial charge in [-0.1, -0.05) is 38.5 Å². The SMILES string of the molecule is Cc1ccc(O[C@H]2CC3C4C(C)CC5N(C)C(=O)CC[C@]5(C)C4CC[C@]3(C)C2)cc1. The molecule has 3 aliphatic carbocycles. The summed E-state index contributed by atoms with van der Waals surface area (Å²) >= 11 is 0. The molecular weight excluding hydrogens is 370 g/mol. The summed E-state index contributed by atoms with van der Waals surface area (Å²) in [4.78, 5) is 14.6. The normalized spacial score (nSPS) is 45.5. The summed E-state index contributed by atoms with van der Waals surface area (Å²) in [5, 5.41) is 0. The summed E-state index contributed by atoms with van der Waals surface area (Å²) in [6.07, 6.45) is 8.38. The minimum atomic E-state index is 0.289. The van der Waals surface area contributed by atoms with Crippen molar-refractivity contribution in [3.63, 3.8) is 0 Å². The molecule has 5 unspecified atom stereocenters. The van der Waals surface area contributed by atoms with Crippen molar-refractivity contribution in [3.8, 4) is 5.75 Å². The molecule has 1 aromatic carbocycles. The molecule has 5 rings (SSSR count). The Balaban J connectivity index is 1.39. The molecule has 1 heterocycles. The molecule has 1 aliphatic heterocycles. The highest BCUT2D eigenvalue weighted by Gasteiger charge is 2.62. The van der Waals surface area contributed by atoms with E-state index in [1.807, 2.05) is 0 Å². The fourth-order valence-electron chi connectivity index (χ4n) is 8.36. The molecule has 3 nitrogen and oxygen atoms in total. The summed E-state index contributed by atoms with van der Waals surface area (Å²) in [7, 11) is 2.06. The number of piperidine rings is 1. The van der Waals surface area contributed by atoms with Crippen LogP contribution in [0, 0.1) is 41.4 Å². The number of amides is 1. The largest absolute Gasteiger partial charge is 0.490 e. The quantitative estimate of drug-likeness (QED) is 0.613. The van der Waals surface area contributed by atoms with E-state index in [2.05, 4.69) is 63.9 Å². The Bertz CT molecular complexity index is 819. The van der Waals surface area contributed by atoms with Gasteiger partial charge in [0.2, 0.25) is 5.91 Å². The zero-order valence-corrected chi connectivity index (χ0v) is 19.5. The van der Waals surface area contributed by atoms with E-state index in [0.717, 1.165) is 36.3 Å². The molecule has 0 radical (unpaired) electrons. The monoisotopic (exact) mass is 409 g/mol. The lowest BCUT2D eigenvalue weighted by Gasteiger charge is -2.63. The maximum Gasteiger partial charge on any atom is 0.222 e. The van der Waals surface area contributed by atoms with Gasteiger partial charge in [-0.15, -0.1) is 0 Å². The predicted octanol–water partition coefficient (Wildman–Crippen LogP) is 5.85. The van der Waals surface area contributed by atoms with Crippen LogP contribution in [0.1, 0.15) is 71.3 Å². The van der Waals surface area contributed by atoms with Gasteiger partial charge in [-0.2, -0.15) is 0 Å². The van der Waals surface area contributed by atoms with Crippen molar-refractivity contribution < 1.29 is 9.53 Å². The van der Waals surface area contributed by atoms with Crippen LogP contribution in [0.2, 0.25) is 0 Å². The minimum Gasteiger partial charge on any atom is -0.490 e. The number of carbonyl (C=O) groups excluding carboxylic acids is 1. The van der Waals surface area contributed by atoms with Crippen molar-refractivity contribution >= 4 is 5.91 Å². The van der Waals surface area contributed by atoms with Crippen molar-refractivity contribution in [3.05, 3.63) is 29.8 Å². The lowest BCUT2D eigenvalue weighted by atomic mass is 9.45. The lowest BCUT2D eigenvalue weighted by molar-refractivity contribution is -0.164. The van der Waals surface area contributed by atoms with Crippen LogP contribution >= 0.6 is 0 Å². The number of aryl methyl sites for hydroxylation is 1. The van der Waals surface area contributed by atoms with Crippen LogP contribution < -0.4 is 4.74 Å². The van der Waals surface area contributed by atoms with Crippen molar-refractivity contribution in [1.82, 2.24) is 4.90 Å². The van der Waals surface area contributed by atoms with E-state index < -0.39 is 0 Å². The average Bonchev–Trinajstić information content (AvgIpc) is 3.04. The third-order valence-electron chi connectivity index (χ3n) is 9.98. The van der Waals surface area contributed by atoms with Crippen molar-refractivity contribution in [2.75, 3.05) is 7.05 Å². The van der Waals surface area contributed by atoms with Gasteiger partial charge in [0.05, 0.1) is 6.10 Å². The summed E-state index contributed by atoms with van der Waals surface area (Å²) < 4.78 is 6.51. The Hall–Kier alpha value is -1.51. The van der Waals surface area contributed by atoms with Gasteiger partial charge in [-0.05, 0) is 92.1 Å². The van der Waals surface area contributed by atoms with Crippen molar-refractivity contribution in [1.29, 1.82) is 0 Å². The van der Waals surface area contributed by atoms with Crippen LogP contribution in [0.15, 0.2) is 24.3 Å². The number of rotatable bonds is 2. The zero-order chi connectivity index (χ0) is 21.3. The molecule has 30 heavy (non-hydrogen) atoms. The van der Waals surface area contributed by atoms with E-state index in [9.17, 15) is 4.79 Å². The van der Waals surface area contributed by atoms with E-state index in [1.165, 1.54) is 37.7 Å². The maximum atomic E-state index is 12.4. The second-order valence-corrected chi connectivity index (χ2v) is 11.7. The Morgan fingerprint density at radius 1 is 1.07 bits per heavy atom. The number of nitrogens with zero attached hydrogens (tertiary/aromatic N) is 1. The maximum absolute atomic E-state index is 12.4. The van der Waals surface area contributed by atoms with Gasteiger partial charge in [-0.25, -0.2) is 0 Å². The lowest BCUT2D eigenvalue weighted by Crippen LogP contribution is -2.62. The molecule has 1 aromatic rings. The number of likely N-dealkylation sites (tertiary alicyclic amines) is 1. The van der Waals surface area contributed by atoms with Gasteiger partial charge in [0.25, 0.3) is 0 Å². The molecular formula is C27H39NO2. The van der Waals surface area contributed by atoms with Crippen LogP contribution in [0.25, 0.3) is 0 Å². The molecule has 1 saturated heterocycles. The second-order valence-electron chi connectivity index (χ2n) is 11.7. The van der Waals surface area contributed by atoms with E-state index in [0.29, 0.717) is 29.4 Å². The molecule has 1 amide bonds. The minimum absolute atomic E-state index is 0.289. The Morgan fingerprint density at radius 3 is 2.53 bits per heavy atom. The number of fused-ring (bicyclic) bond motifs is 5. The van der Waals surface area contributed by atoms with Gasteiger partial charge in [0.15, 0.2) is 0 Å². The molecule has 0 N–H and O–H groups in total. The highest BCUT2D eigenvalue weighted by atomic mass is 16.5. The number of carbonyl (C=O) groups is 1. The first-order chi connectivity index (χ1) is 14.2. The third kappa shape index (κ3) is 3.02. The molecule has 0 aromatic heterocycles. The van der Waals surface area contributed by atoms with Crippen LogP contribution in [-0.4, -0.2) is 30.0 Å². The number of hydrogen-bond donors (Lipinski definition) is 0. The van der Waals surface area contributed by atoms with Gasteiger partial charge in [0.1, 0.15) is 5.75 Å². The highest BCUT2D eigenvalue weighted by molar-refractivity contribution is 5.77. The molecule has 164 valence electrons. The van der Waals surface area contributed by atoms with E-state index in [1.54, 1.807) is 0 Å². The predicted molar refractivity (Wildman–Crippen MR) is 120 cm³/mol. The van der Waals surface area contributed by atoms with Crippen molar-refractivity contribution in [2.45, 2.75) is 84.8 Å². The molecule has 3 heteroatoms. The number of ether oxygens (including phenoxy) is 1. The topological polar surface area (TPSA) is 29.5 Å². The number of benzene rings is 1. The van der Waals surface area contributed by atoms with E-state index >= 15 is 0 Å². The first-order valence-corrected chi connectivity index (χ1v) is 12.2. The van der Waals surface area contributed by atoms with E-state index in [4.69, 9.17) is 4.74 Å². The molecule has 4 aliphatic rings. The summed E-state index contributed by atoms with van der Waals surface area (Å²) in [5.74, 6) is 4.35. The van der Waals surface area contributed by atoms with Gasteiger partial charge in [-0.3, -0.25) is 4.79 Å². The van der Waals surface area contributed by atoms with Crippen LogP contribution in [0.4, 0.5) is 0 Å². The molecule has 0 bridgehead atoms. The zero-order valence-electron chi connectivity index (χ0n) is 19.5. The summed E-state index contributed by atoms with van der Waals surface area (Å²) in [6.45, 7) is 9.67. The highest BCUT2D eigenvalue weighted by Crippen LogP contribution is 2.66. The van der Waals surface area contributed by atoms with Crippen molar-refractivity contribution in [2.24, 2.45) is 34.5 Å². The standard InChI is InChI=1S/C27H39NO2/c1-17-6-8-19(9-7-17)30-20-15-22-25-18(2)14-23-27(4,13-11-24(29)28(23)5)21(25)10-12-26(22,3)16-20/h6-9,18,20-23,25H,10-16H2,1-5H3/t18?,20-,21?,22?,23?,25?,26+,27+/m0/s1. The van der Waals surface area contributed by atoms with Crippen LogP contribution in [-0.2, 0) is 4.79 Å². The fraction of sp³-hybridized carbons (Fsp3) is 0.741. The Morgan fingerprint density at radius 2 is 1.80 bits per heavy atom. The van der Waals surface area contributed by atoms with E-state index in [-0.39, 0.29) is 5.41 Å². The smallest absolute Gasteiger partial charge is 0.222 e. The van der Waals surface area contributed by atoms with Gasteiger partial charge in [0, 0.05) is 19.5 Å². The summed E-state index contributed by atoms with van der Waals surface area (Å²) in [5.41, 5.74) is 1.98. The third-order valence-corrected chi connectivity index (χ3v) is 9.98. The Labute approximate surface area is 182 Å². The first-order valence-electron chi connectivity index (χ1n) is 12.2. The molecule has 8 atom stereocenters. The second kappa shape index (κ2) is 7.00. The number of hydrogen-bond acceptors (Lipinski definition) is 2. The fourth-order valence-corrected chi connectivity index (χ4v) is 8.36. The van der Waals surface area contributed by atoms with Gasteiger partial charge >= 0.3 is 0 Å². The Kier molecular flexibility index (Phi) is 4.76. The average molecular weight is 410 g/mol. The summed E-state index contributed by atoms with van der Waals surface area (Å²) in [6, 6.07) is 9.00. The molecule has 3 saturated carbocycles.